The van der Waals surface area contributed by atoms with Crippen LogP contribution < -0.4 is 0 Å². The third-order valence-corrected chi connectivity index (χ3v) is 13.7. The SMILES string of the molecule is C=C(c1ccccc1)C12CC=C(O[Si](CC)(CC)CC)C1CC(CCCCCC)=C2c1ccccc1. The largest absolute Gasteiger partial charge is 0.546 e. The van der Waals surface area contributed by atoms with Crippen molar-refractivity contribution in [3.8, 4) is 0 Å². The molecular formula is C34H46OSi. The smallest absolute Gasteiger partial charge is 0.250 e. The Kier molecular flexibility index (Phi) is 8.77. The van der Waals surface area contributed by atoms with Gasteiger partial charge in [0, 0.05) is 11.3 Å². The summed E-state index contributed by atoms with van der Waals surface area (Å²) in [7, 11) is -1.77. The highest BCUT2D eigenvalue weighted by Crippen LogP contribution is 2.66. The first-order chi connectivity index (χ1) is 17.5. The summed E-state index contributed by atoms with van der Waals surface area (Å²) < 4.78 is 7.18. The van der Waals surface area contributed by atoms with Gasteiger partial charge in [0.1, 0.15) is 0 Å². The van der Waals surface area contributed by atoms with E-state index in [-0.39, 0.29) is 5.41 Å². The number of benzene rings is 2. The van der Waals surface area contributed by atoms with E-state index in [1.54, 1.807) is 11.1 Å². The van der Waals surface area contributed by atoms with Crippen molar-refractivity contribution < 1.29 is 4.43 Å². The van der Waals surface area contributed by atoms with Gasteiger partial charge < -0.3 is 4.43 Å². The molecule has 2 heteroatoms. The second-order valence-electron chi connectivity index (χ2n) is 10.9. The normalized spacial score (nSPS) is 21.4. The van der Waals surface area contributed by atoms with Gasteiger partial charge in [0.2, 0.25) is 8.32 Å². The number of hydrogen-bond donors (Lipinski definition) is 0. The Morgan fingerprint density at radius 2 is 1.53 bits per heavy atom. The molecule has 0 N–H and O–H groups in total. The van der Waals surface area contributed by atoms with Gasteiger partial charge in [-0.05, 0) is 72.2 Å². The molecule has 1 nitrogen and oxygen atoms in total. The van der Waals surface area contributed by atoms with Crippen LogP contribution in [-0.2, 0) is 4.43 Å². The zero-order chi connectivity index (χ0) is 25.6. The average Bonchev–Trinajstić information content (AvgIpc) is 3.45. The van der Waals surface area contributed by atoms with Crippen molar-refractivity contribution in [3.05, 3.63) is 95.8 Å². The van der Waals surface area contributed by atoms with Gasteiger partial charge in [-0.2, -0.15) is 0 Å². The highest BCUT2D eigenvalue weighted by atomic mass is 28.4. The molecule has 2 aliphatic carbocycles. The Hall–Kier alpha value is -2.32. The molecule has 0 saturated carbocycles. The first kappa shape index (κ1) is 26.7. The molecule has 0 aliphatic heterocycles. The Balaban J connectivity index is 1.81. The maximum absolute atomic E-state index is 7.18. The van der Waals surface area contributed by atoms with Gasteiger partial charge in [0.15, 0.2) is 0 Å². The molecule has 36 heavy (non-hydrogen) atoms. The Morgan fingerprint density at radius 1 is 0.889 bits per heavy atom. The molecule has 0 radical (unpaired) electrons. The van der Waals surface area contributed by atoms with Crippen molar-refractivity contribution >= 4 is 19.5 Å². The Labute approximate surface area is 221 Å². The first-order valence-corrected chi connectivity index (χ1v) is 17.0. The molecule has 4 rings (SSSR count). The standard InChI is InChI=1S/C34H46OSi/c1-6-10-11-14-23-30-26-31-32(35-36(7-2,8-3)9-4)24-25-34(31,27(5)28-19-15-12-16-20-28)33(30)29-21-17-13-18-22-29/h12-13,15-22,24,31H,5-11,14,23,25-26H2,1-4H3. The van der Waals surface area contributed by atoms with Crippen molar-refractivity contribution in [2.24, 2.45) is 11.3 Å². The lowest BCUT2D eigenvalue weighted by atomic mass is 9.66. The minimum Gasteiger partial charge on any atom is -0.546 e. The van der Waals surface area contributed by atoms with Crippen LogP contribution in [0.5, 0.6) is 0 Å². The van der Waals surface area contributed by atoms with Gasteiger partial charge in [-0.25, -0.2) is 0 Å². The molecule has 0 aromatic heterocycles. The van der Waals surface area contributed by atoms with Crippen molar-refractivity contribution in [1.82, 2.24) is 0 Å². The zero-order valence-corrected chi connectivity index (χ0v) is 24.1. The third kappa shape index (κ3) is 4.94. The minimum atomic E-state index is -1.77. The molecule has 0 saturated heterocycles. The van der Waals surface area contributed by atoms with Crippen LogP contribution in [0.4, 0.5) is 0 Å². The molecule has 2 aromatic carbocycles. The maximum atomic E-state index is 7.18. The molecule has 192 valence electrons. The summed E-state index contributed by atoms with van der Waals surface area (Å²) in [6.45, 7) is 14.2. The summed E-state index contributed by atoms with van der Waals surface area (Å²) in [4.78, 5) is 0. The molecular weight excluding hydrogens is 452 g/mol. The lowest BCUT2D eigenvalue weighted by Gasteiger charge is -2.39. The first-order valence-electron chi connectivity index (χ1n) is 14.5. The summed E-state index contributed by atoms with van der Waals surface area (Å²) in [5.74, 6) is 1.64. The molecule has 0 heterocycles. The van der Waals surface area contributed by atoms with E-state index in [0.717, 1.165) is 12.8 Å². The zero-order valence-electron chi connectivity index (χ0n) is 23.1. The van der Waals surface area contributed by atoms with Crippen LogP contribution in [0.15, 0.2) is 84.7 Å². The van der Waals surface area contributed by atoms with Gasteiger partial charge in [-0.15, -0.1) is 0 Å². The summed E-state index contributed by atoms with van der Waals surface area (Å²) in [5, 5.41) is 0. The summed E-state index contributed by atoms with van der Waals surface area (Å²) in [5.41, 5.74) is 6.98. The maximum Gasteiger partial charge on any atom is 0.250 e. The average molecular weight is 499 g/mol. The topological polar surface area (TPSA) is 9.23 Å². The predicted octanol–water partition coefficient (Wildman–Crippen LogP) is 10.4. The quantitative estimate of drug-likeness (QED) is 0.197. The van der Waals surface area contributed by atoms with E-state index in [0.29, 0.717) is 5.92 Å². The number of rotatable bonds is 13. The summed E-state index contributed by atoms with van der Waals surface area (Å²) in [6.07, 6.45) is 10.9. The van der Waals surface area contributed by atoms with Crippen molar-refractivity contribution in [1.29, 1.82) is 0 Å². The Bertz CT molecular complexity index is 1070. The summed E-state index contributed by atoms with van der Waals surface area (Å²) in [6, 6.07) is 25.6. The molecule has 2 unspecified atom stereocenters. The molecule has 2 aliphatic rings. The van der Waals surface area contributed by atoms with E-state index in [2.05, 4.69) is 94.4 Å². The lowest BCUT2D eigenvalue weighted by molar-refractivity contribution is 0.297. The van der Waals surface area contributed by atoms with Crippen LogP contribution >= 0.6 is 0 Å². The molecule has 2 atom stereocenters. The predicted molar refractivity (Wildman–Crippen MR) is 159 cm³/mol. The highest BCUT2D eigenvalue weighted by Gasteiger charge is 2.55. The minimum absolute atomic E-state index is 0.118. The van der Waals surface area contributed by atoms with Gasteiger partial charge in [0.25, 0.3) is 0 Å². The van der Waals surface area contributed by atoms with Gasteiger partial charge in [-0.1, -0.05) is 120 Å². The summed E-state index contributed by atoms with van der Waals surface area (Å²) >= 11 is 0. The van der Waals surface area contributed by atoms with Crippen LogP contribution in [-0.4, -0.2) is 8.32 Å². The van der Waals surface area contributed by atoms with Gasteiger partial charge >= 0.3 is 0 Å². The van der Waals surface area contributed by atoms with Gasteiger partial charge in [0.05, 0.1) is 5.76 Å². The fraction of sp³-hybridized carbons (Fsp3) is 0.471. The van der Waals surface area contributed by atoms with Crippen molar-refractivity contribution in [2.45, 2.75) is 90.8 Å². The van der Waals surface area contributed by atoms with E-state index < -0.39 is 8.32 Å². The lowest BCUT2D eigenvalue weighted by Crippen LogP contribution is -2.37. The monoisotopic (exact) mass is 498 g/mol. The fourth-order valence-corrected chi connectivity index (χ4v) is 9.43. The van der Waals surface area contributed by atoms with E-state index in [9.17, 15) is 0 Å². The van der Waals surface area contributed by atoms with Crippen molar-refractivity contribution in [3.63, 3.8) is 0 Å². The van der Waals surface area contributed by atoms with E-state index >= 15 is 0 Å². The van der Waals surface area contributed by atoms with Crippen molar-refractivity contribution in [2.75, 3.05) is 0 Å². The third-order valence-electron chi connectivity index (χ3n) is 9.14. The molecule has 0 bridgehead atoms. The van der Waals surface area contributed by atoms with Crippen LogP contribution in [0.3, 0.4) is 0 Å². The van der Waals surface area contributed by atoms with Crippen LogP contribution in [0.2, 0.25) is 18.1 Å². The van der Waals surface area contributed by atoms with Crippen LogP contribution in [0.1, 0.15) is 83.8 Å². The number of hydrogen-bond acceptors (Lipinski definition) is 1. The fourth-order valence-electron chi connectivity index (χ4n) is 6.77. The van der Waals surface area contributed by atoms with E-state index in [4.69, 9.17) is 11.0 Å². The molecule has 0 fully saturated rings. The number of fused-ring (bicyclic) bond motifs is 1. The molecule has 2 aromatic rings. The number of unbranched alkanes of at least 4 members (excludes halogenated alkanes) is 3. The molecule has 0 spiro atoms. The van der Waals surface area contributed by atoms with E-state index in [1.165, 1.54) is 72.7 Å². The van der Waals surface area contributed by atoms with E-state index in [1.807, 2.05) is 0 Å². The molecule has 0 amide bonds. The highest BCUT2D eigenvalue weighted by molar-refractivity contribution is 6.73. The van der Waals surface area contributed by atoms with Crippen LogP contribution in [0, 0.1) is 11.3 Å². The second-order valence-corrected chi connectivity index (χ2v) is 15.6. The van der Waals surface area contributed by atoms with Gasteiger partial charge in [-0.3, -0.25) is 0 Å². The van der Waals surface area contributed by atoms with Crippen LogP contribution in [0.25, 0.3) is 11.1 Å². The number of allylic oxidation sites excluding steroid dienone is 5. The Morgan fingerprint density at radius 3 is 2.14 bits per heavy atom. The second kappa shape index (κ2) is 11.8.